The van der Waals surface area contributed by atoms with Gasteiger partial charge in [0.15, 0.2) is 11.5 Å². The Kier molecular flexibility index (Phi) is 8.10. The van der Waals surface area contributed by atoms with Crippen LogP contribution in [0.25, 0.3) is 5.76 Å². The third-order valence-corrected chi connectivity index (χ3v) is 7.03. The number of ether oxygens (including phenoxy) is 3. The van der Waals surface area contributed by atoms with E-state index in [2.05, 4.69) is 0 Å². The summed E-state index contributed by atoms with van der Waals surface area (Å²) in [5, 5.41) is 11.4. The van der Waals surface area contributed by atoms with Crippen molar-refractivity contribution in [1.29, 1.82) is 0 Å². The first-order chi connectivity index (χ1) is 19.9. The smallest absolute Gasteiger partial charge is 0.296 e. The van der Waals surface area contributed by atoms with Crippen molar-refractivity contribution in [3.05, 3.63) is 119 Å². The van der Waals surface area contributed by atoms with Crippen LogP contribution in [-0.4, -0.2) is 35.4 Å². The van der Waals surface area contributed by atoms with E-state index in [1.807, 2.05) is 38.1 Å². The summed E-state index contributed by atoms with van der Waals surface area (Å²) in [7, 11) is 1.52. The highest BCUT2D eigenvalue weighted by atomic mass is 16.5. The Morgan fingerprint density at radius 1 is 0.951 bits per heavy atom. The maximum atomic E-state index is 13.4. The molecule has 41 heavy (non-hydrogen) atoms. The van der Waals surface area contributed by atoms with Gasteiger partial charge in [-0.2, -0.15) is 0 Å². The Hall–Kier alpha value is -4.98. The molecule has 4 aromatic rings. The predicted octanol–water partition coefficient (Wildman–Crippen LogP) is 6.20. The van der Waals surface area contributed by atoms with Crippen LogP contribution in [0.2, 0.25) is 0 Å². The number of rotatable bonds is 10. The zero-order valence-corrected chi connectivity index (χ0v) is 23.1. The number of amides is 1. The molecule has 0 spiro atoms. The van der Waals surface area contributed by atoms with Crippen LogP contribution in [0.1, 0.15) is 41.0 Å². The fourth-order valence-electron chi connectivity index (χ4n) is 4.89. The fourth-order valence-corrected chi connectivity index (χ4v) is 4.89. The van der Waals surface area contributed by atoms with Crippen molar-refractivity contribution < 1.29 is 33.3 Å². The molecule has 5 rings (SSSR count). The molecule has 0 aliphatic carbocycles. The van der Waals surface area contributed by atoms with Gasteiger partial charge in [-0.3, -0.25) is 9.59 Å². The van der Waals surface area contributed by atoms with Gasteiger partial charge in [0.25, 0.3) is 11.7 Å². The first-order valence-corrected chi connectivity index (χ1v) is 13.3. The average Bonchev–Trinajstić information content (AvgIpc) is 3.59. The molecule has 1 fully saturated rings. The normalized spacial score (nSPS) is 16.2. The van der Waals surface area contributed by atoms with E-state index in [1.54, 1.807) is 54.6 Å². The lowest BCUT2D eigenvalue weighted by atomic mass is 9.95. The van der Waals surface area contributed by atoms with Crippen LogP contribution >= 0.6 is 0 Å². The number of likely N-dealkylation sites (tertiary alicyclic amines) is 1. The van der Waals surface area contributed by atoms with Gasteiger partial charge < -0.3 is 28.6 Å². The molecule has 0 saturated carbocycles. The van der Waals surface area contributed by atoms with Crippen LogP contribution in [0.5, 0.6) is 17.2 Å². The van der Waals surface area contributed by atoms with Crippen molar-refractivity contribution in [1.82, 2.24) is 4.90 Å². The van der Waals surface area contributed by atoms with Gasteiger partial charge in [0.1, 0.15) is 23.9 Å². The van der Waals surface area contributed by atoms with Gasteiger partial charge in [-0.05, 0) is 79.1 Å². The minimum atomic E-state index is -0.887. The molecule has 1 aliphatic heterocycles. The monoisotopic (exact) mass is 553 g/mol. The summed E-state index contributed by atoms with van der Waals surface area (Å²) in [6, 6.07) is 22.5. The number of ketones is 1. The third-order valence-electron chi connectivity index (χ3n) is 7.03. The largest absolute Gasteiger partial charge is 0.507 e. The molecule has 3 aromatic carbocycles. The van der Waals surface area contributed by atoms with Crippen LogP contribution in [0.4, 0.5) is 0 Å². The number of nitrogens with zero attached hydrogens (tertiary/aromatic N) is 1. The summed E-state index contributed by atoms with van der Waals surface area (Å²) >= 11 is 0. The van der Waals surface area contributed by atoms with Crippen molar-refractivity contribution in [3.8, 4) is 17.2 Å². The van der Waals surface area contributed by atoms with Crippen molar-refractivity contribution in [2.75, 3.05) is 13.7 Å². The highest BCUT2D eigenvalue weighted by molar-refractivity contribution is 6.46. The van der Waals surface area contributed by atoms with Gasteiger partial charge in [-0.1, -0.05) is 30.3 Å². The second kappa shape index (κ2) is 12.0. The molecule has 1 N–H and O–H groups in total. The van der Waals surface area contributed by atoms with Gasteiger partial charge in [-0.15, -0.1) is 0 Å². The SMILES string of the molecule is CCOc1ccc(C2/C(=C(\O)c3ccc(OCc4ccccc4C)cc3)C(=O)C(=O)N2Cc2ccco2)cc1OC. The number of aliphatic hydroxyl groups is 1. The maximum Gasteiger partial charge on any atom is 0.296 e. The standard InChI is InChI=1S/C33H31NO7/c1-4-39-27-16-13-23(18-28(27)38-3)30-29(32(36)33(37)34(30)19-26-10-7-17-40-26)31(35)22-11-14-25(15-12-22)41-20-24-9-6-5-8-21(24)2/h5-18,30,35H,4,19-20H2,1-3H3/b31-29+. The number of carbonyl (C=O) groups is 2. The van der Waals surface area contributed by atoms with E-state index in [-0.39, 0.29) is 17.9 Å². The van der Waals surface area contributed by atoms with Gasteiger partial charge >= 0.3 is 0 Å². The lowest BCUT2D eigenvalue weighted by Crippen LogP contribution is -2.29. The second-order valence-electron chi connectivity index (χ2n) is 9.59. The molecule has 1 aliphatic rings. The Bertz CT molecular complexity index is 1570. The average molecular weight is 554 g/mol. The number of carbonyl (C=O) groups excluding carboxylic acids is 2. The van der Waals surface area contributed by atoms with E-state index in [4.69, 9.17) is 18.6 Å². The van der Waals surface area contributed by atoms with E-state index in [0.29, 0.717) is 47.3 Å². The summed E-state index contributed by atoms with van der Waals surface area (Å²) in [6.45, 7) is 4.77. The first-order valence-electron chi connectivity index (χ1n) is 13.3. The number of aryl methyl sites for hydroxylation is 1. The molecular formula is C33H31NO7. The van der Waals surface area contributed by atoms with E-state index in [9.17, 15) is 14.7 Å². The lowest BCUT2D eigenvalue weighted by molar-refractivity contribution is -0.140. The molecule has 1 unspecified atom stereocenters. The van der Waals surface area contributed by atoms with E-state index >= 15 is 0 Å². The molecule has 210 valence electrons. The molecular weight excluding hydrogens is 522 g/mol. The Balaban J connectivity index is 1.51. The second-order valence-corrected chi connectivity index (χ2v) is 9.59. The number of furan rings is 1. The van der Waals surface area contributed by atoms with Crippen LogP contribution in [0.3, 0.4) is 0 Å². The summed E-state index contributed by atoms with van der Waals surface area (Å²) in [5.41, 5.74) is 3.14. The summed E-state index contributed by atoms with van der Waals surface area (Å²) in [4.78, 5) is 28.1. The van der Waals surface area contributed by atoms with E-state index in [1.165, 1.54) is 18.3 Å². The van der Waals surface area contributed by atoms with Crippen LogP contribution < -0.4 is 14.2 Å². The predicted molar refractivity (Wildman–Crippen MR) is 153 cm³/mol. The topological polar surface area (TPSA) is 98.4 Å². The molecule has 2 heterocycles. The van der Waals surface area contributed by atoms with Gasteiger partial charge in [0.05, 0.1) is 38.1 Å². The summed E-state index contributed by atoms with van der Waals surface area (Å²) in [6.07, 6.45) is 1.50. The van der Waals surface area contributed by atoms with Crippen molar-refractivity contribution >= 4 is 17.4 Å². The van der Waals surface area contributed by atoms with Crippen molar-refractivity contribution in [2.45, 2.75) is 33.0 Å². The number of aliphatic hydroxyl groups excluding tert-OH is 1. The van der Waals surface area contributed by atoms with Crippen molar-refractivity contribution in [2.24, 2.45) is 0 Å². The van der Waals surface area contributed by atoms with Gasteiger partial charge in [0.2, 0.25) is 0 Å². The summed E-state index contributed by atoms with van der Waals surface area (Å²) in [5.74, 6) is 0.284. The van der Waals surface area contributed by atoms with E-state index < -0.39 is 17.7 Å². The third kappa shape index (κ3) is 5.68. The molecule has 1 amide bonds. The molecule has 8 nitrogen and oxygen atoms in total. The fraction of sp³-hybridized carbons (Fsp3) is 0.212. The number of hydrogen-bond donors (Lipinski definition) is 1. The zero-order valence-electron chi connectivity index (χ0n) is 23.1. The number of Topliss-reactive ketones (excluding diaryl/α,β-unsaturated/α-hetero) is 1. The van der Waals surface area contributed by atoms with Crippen molar-refractivity contribution in [3.63, 3.8) is 0 Å². The van der Waals surface area contributed by atoms with Crippen LogP contribution in [-0.2, 0) is 22.7 Å². The number of benzene rings is 3. The van der Waals surface area contributed by atoms with Crippen LogP contribution in [0, 0.1) is 6.92 Å². The minimum Gasteiger partial charge on any atom is -0.507 e. The summed E-state index contributed by atoms with van der Waals surface area (Å²) < 4.78 is 22.6. The van der Waals surface area contributed by atoms with Crippen LogP contribution in [0.15, 0.2) is 95.1 Å². The molecule has 8 heteroatoms. The number of hydrogen-bond acceptors (Lipinski definition) is 7. The lowest BCUT2D eigenvalue weighted by Gasteiger charge is -2.25. The highest BCUT2D eigenvalue weighted by Gasteiger charge is 2.46. The van der Waals surface area contributed by atoms with E-state index in [0.717, 1.165) is 11.1 Å². The molecule has 0 bridgehead atoms. The molecule has 1 atom stereocenters. The maximum absolute atomic E-state index is 13.4. The Morgan fingerprint density at radius 3 is 2.41 bits per heavy atom. The Morgan fingerprint density at radius 2 is 1.73 bits per heavy atom. The molecule has 0 radical (unpaired) electrons. The number of methoxy groups -OCH3 is 1. The quantitative estimate of drug-likeness (QED) is 0.142. The highest BCUT2D eigenvalue weighted by Crippen LogP contribution is 2.43. The van der Waals surface area contributed by atoms with Gasteiger partial charge in [-0.25, -0.2) is 0 Å². The first kappa shape index (κ1) is 27.6. The van der Waals surface area contributed by atoms with Gasteiger partial charge in [0, 0.05) is 5.56 Å². The molecule has 1 saturated heterocycles. The minimum absolute atomic E-state index is 0.0265. The zero-order chi connectivity index (χ0) is 28.9. The Labute approximate surface area is 238 Å². The molecule has 1 aromatic heterocycles.